The van der Waals surface area contributed by atoms with Crippen molar-refractivity contribution in [3.63, 3.8) is 0 Å². The first-order valence-corrected chi connectivity index (χ1v) is 14.1. The van der Waals surface area contributed by atoms with Crippen LogP contribution >= 0.6 is 0 Å². The second-order valence-electron chi connectivity index (χ2n) is 9.93. The molecule has 9 heteroatoms. The summed E-state index contributed by atoms with van der Waals surface area (Å²) in [6.45, 7) is 4.70. The SMILES string of the molecule is CC(C)c1ccc(C(NC(=O)C2CC(F)CN2C(=O)CS(=O)(=O)N2CCCC2)c2ccccc2)cc1. The Balaban J connectivity index is 1.54. The predicted octanol–water partition coefficient (Wildman–Crippen LogP) is 3.38. The molecule has 0 radical (unpaired) electrons. The van der Waals surface area contributed by atoms with Gasteiger partial charge in [-0.3, -0.25) is 9.59 Å². The molecule has 7 nitrogen and oxygen atoms in total. The Morgan fingerprint density at radius 1 is 0.972 bits per heavy atom. The van der Waals surface area contributed by atoms with Crippen molar-refractivity contribution < 1.29 is 22.4 Å². The van der Waals surface area contributed by atoms with Crippen molar-refractivity contribution in [3.8, 4) is 0 Å². The van der Waals surface area contributed by atoms with Gasteiger partial charge in [-0.15, -0.1) is 0 Å². The third-order valence-electron chi connectivity index (χ3n) is 6.99. The summed E-state index contributed by atoms with van der Waals surface area (Å²) in [6, 6.07) is 15.9. The first-order valence-electron chi connectivity index (χ1n) is 12.5. The summed E-state index contributed by atoms with van der Waals surface area (Å²) in [5, 5.41) is 3.00. The normalized spacial score (nSPS) is 21.6. The van der Waals surface area contributed by atoms with Crippen LogP contribution in [0.3, 0.4) is 0 Å². The van der Waals surface area contributed by atoms with E-state index < -0.39 is 45.8 Å². The zero-order chi connectivity index (χ0) is 25.9. The van der Waals surface area contributed by atoms with E-state index in [9.17, 15) is 22.4 Å². The van der Waals surface area contributed by atoms with E-state index in [-0.39, 0.29) is 13.0 Å². The molecule has 2 aliphatic rings. The molecule has 194 valence electrons. The number of likely N-dealkylation sites (tertiary alicyclic amines) is 1. The second-order valence-corrected chi connectivity index (χ2v) is 11.9. The third kappa shape index (κ3) is 5.95. The molecule has 2 heterocycles. The standard InChI is InChI=1S/C27H34FN3O4S/c1-19(2)20-10-12-22(13-11-20)26(21-8-4-3-5-9-21)29-27(33)24-16-23(28)17-31(24)25(32)18-36(34,35)30-14-6-7-15-30/h3-5,8-13,19,23-24,26H,6-7,14-18H2,1-2H3,(H,29,33). The smallest absolute Gasteiger partial charge is 0.243 e. The predicted molar refractivity (Wildman–Crippen MR) is 137 cm³/mol. The van der Waals surface area contributed by atoms with Crippen LogP contribution in [0.15, 0.2) is 54.6 Å². The van der Waals surface area contributed by atoms with Crippen LogP contribution in [-0.4, -0.2) is 67.0 Å². The van der Waals surface area contributed by atoms with Gasteiger partial charge in [0.2, 0.25) is 21.8 Å². The first kappa shape index (κ1) is 26.3. The fourth-order valence-corrected chi connectivity index (χ4v) is 6.40. The highest BCUT2D eigenvalue weighted by molar-refractivity contribution is 7.89. The second kappa shape index (κ2) is 11.1. The average Bonchev–Trinajstić information content (AvgIpc) is 3.54. The number of alkyl halides is 1. The fourth-order valence-electron chi connectivity index (χ4n) is 4.92. The molecular formula is C27H34FN3O4S. The van der Waals surface area contributed by atoms with Gasteiger partial charge in [-0.2, -0.15) is 0 Å². The van der Waals surface area contributed by atoms with Crippen molar-refractivity contribution in [1.82, 2.24) is 14.5 Å². The Kier molecular flexibility index (Phi) is 8.10. The van der Waals surface area contributed by atoms with Crippen LogP contribution in [0.4, 0.5) is 4.39 Å². The highest BCUT2D eigenvalue weighted by atomic mass is 32.2. The number of hydrogen-bond donors (Lipinski definition) is 1. The summed E-state index contributed by atoms with van der Waals surface area (Å²) >= 11 is 0. The zero-order valence-corrected chi connectivity index (χ0v) is 21.6. The van der Waals surface area contributed by atoms with Crippen molar-refractivity contribution in [2.24, 2.45) is 0 Å². The number of rotatable bonds is 8. The average molecular weight is 516 g/mol. The number of nitrogens with one attached hydrogen (secondary N) is 1. The fraction of sp³-hybridized carbons (Fsp3) is 0.481. The summed E-state index contributed by atoms with van der Waals surface area (Å²) in [5.41, 5.74) is 2.89. The molecule has 0 bridgehead atoms. The number of nitrogens with zero attached hydrogens (tertiary/aromatic N) is 2. The Bertz CT molecular complexity index is 1170. The van der Waals surface area contributed by atoms with E-state index in [0.29, 0.717) is 19.0 Å². The molecule has 3 unspecified atom stereocenters. The molecule has 2 saturated heterocycles. The number of carbonyl (C=O) groups is 2. The van der Waals surface area contributed by atoms with Crippen LogP contribution in [-0.2, 0) is 19.6 Å². The maximum Gasteiger partial charge on any atom is 0.243 e. The molecule has 2 aromatic rings. The lowest BCUT2D eigenvalue weighted by atomic mass is 9.95. The van der Waals surface area contributed by atoms with E-state index >= 15 is 0 Å². The van der Waals surface area contributed by atoms with Crippen molar-refractivity contribution in [2.75, 3.05) is 25.4 Å². The van der Waals surface area contributed by atoms with Gasteiger partial charge in [0.15, 0.2) is 0 Å². The molecule has 2 fully saturated rings. The first-order chi connectivity index (χ1) is 17.2. The van der Waals surface area contributed by atoms with Gasteiger partial charge in [0.1, 0.15) is 18.0 Å². The molecule has 0 aliphatic carbocycles. The quantitative estimate of drug-likeness (QED) is 0.584. The van der Waals surface area contributed by atoms with E-state index in [4.69, 9.17) is 0 Å². The molecule has 0 saturated carbocycles. The molecule has 2 aliphatic heterocycles. The third-order valence-corrected chi connectivity index (χ3v) is 8.76. The molecule has 1 N–H and O–H groups in total. The Morgan fingerprint density at radius 2 is 1.56 bits per heavy atom. The number of carbonyl (C=O) groups excluding carboxylic acids is 2. The highest BCUT2D eigenvalue weighted by Gasteiger charge is 2.42. The number of halogens is 1. The van der Waals surface area contributed by atoms with Gasteiger partial charge in [0.25, 0.3) is 0 Å². The summed E-state index contributed by atoms with van der Waals surface area (Å²) in [4.78, 5) is 27.5. The van der Waals surface area contributed by atoms with Gasteiger partial charge < -0.3 is 10.2 Å². The van der Waals surface area contributed by atoms with Gasteiger partial charge in [-0.1, -0.05) is 68.4 Å². The minimum atomic E-state index is -3.80. The van der Waals surface area contributed by atoms with Gasteiger partial charge in [0.05, 0.1) is 12.6 Å². The lowest BCUT2D eigenvalue weighted by Crippen LogP contribution is -2.49. The van der Waals surface area contributed by atoms with Crippen LogP contribution in [0.5, 0.6) is 0 Å². The summed E-state index contributed by atoms with van der Waals surface area (Å²) in [7, 11) is -3.80. The van der Waals surface area contributed by atoms with E-state index in [0.717, 1.165) is 28.9 Å². The molecular weight excluding hydrogens is 481 g/mol. The van der Waals surface area contributed by atoms with Gasteiger partial charge in [-0.05, 0) is 35.4 Å². The van der Waals surface area contributed by atoms with Crippen LogP contribution < -0.4 is 5.32 Å². The van der Waals surface area contributed by atoms with Gasteiger partial charge in [-0.25, -0.2) is 17.1 Å². The maximum absolute atomic E-state index is 14.4. The number of benzene rings is 2. The highest BCUT2D eigenvalue weighted by Crippen LogP contribution is 2.27. The van der Waals surface area contributed by atoms with Crippen LogP contribution in [0.2, 0.25) is 0 Å². The van der Waals surface area contributed by atoms with E-state index in [1.807, 2.05) is 54.6 Å². The molecule has 2 amide bonds. The summed E-state index contributed by atoms with van der Waals surface area (Å²) in [5.74, 6) is -1.62. The van der Waals surface area contributed by atoms with Crippen molar-refractivity contribution in [2.45, 2.75) is 57.3 Å². The molecule has 4 rings (SSSR count). The van der Waals surface area contributed by atoms with Crippen LogP contribution in [0.1, 0.15) is 61.8 Å². The maximum atomic E-state index is 14.4. The van der Waals surface area contributed by atoms with E-state index in [1.165, 1.54) is 9.87 Å². The Morgan fingerprint density at radius 3 is 2.17 bits per heavy atom. The number of amides is 2. The van der Waals surface area contributed by atoms with Gasteiger partial charge in [0, 0.05) is 19.5 Å². The van der Waals surface area contributed by atoms with Crippen LogP contribution in [0, 0.1) is 0 Å². The number of hydrogen-bond acceptors (Lipinski definition) is 4. The van der Waals surface area contributed by atoms with Crippen molar-refractivity contribution in [1.29, 1.82) is 0 Å². The molecule has 0 aromatic heterocycles. The Hall–Kier alpha value is -2.78. The van der Waals surface area contributed by atoms with E-state index in [1.54, 1.807) is 0 Å². The van der Waals surface area contributed by atoms with E-state index in [2.05, 4.69) is 19.2 Å². The van der Waals surface area contributed by atoms with Gasteiger partial charge >= 0.3 is 0 Å². The molecule has 36 heavy (non-hydrogen) atoms. The zero-order valence-electron chi connectivity index (χ0n) is 20.8. The minimum Gasteiger partial charge on any atom is -0.343 e. The largest absolute Gasteiger partial charge is 0.343 e. The van der Waals surface area contributed by atoms with Crippen molar-refractivity contribution in [3.05, 3.63) is 71.3 Å². The van der Waals surface area contributed by atoms with Crippen LogP contribution in [0.25, 0.3) is 0 Å². The minimum absolute atomic E-state index is 0.158. The number of sulfonamides is 1. The molecule has 0 spiro atoms. The summed E-state index contributed by atoms with van der Waals surface area (Å²) in [6.07, 6.45) is -0.0314. The lowest BCUT2D eigenvalue weighted by Gasteiger charge is -2.27. The van der Waals surface area contributed by atoms with Crippen molar-refractivity contribution >= 4 is 21.8 Å². The molecule has 3 atom stereocenters. The topological polar surface area (TPSA) is 86.8 Å². The monoisotopic (exact) mass is 515 g/mol. The summed E-state index contributed by atoms with van der Waals surface area (Å²) < 4.78 is 41.1. The molecule has 2 aromatic carbocycles. The lowest BCUT2D eigenvalue weighted by molar-refractivity contribution is -0.136. The Labute approximate surface area is 212 Å².